The van der Waals surface area contributed by atoms with Gasteiger partial charge in [0, 0.05) is 11.1 Å². The summed E-state index contributed by atoms with van der Waals surface area (Å²) in [5.41, 5.74) is 10.1. The second-order valence-electron chi connectivity index (χ2n) is 6.97. The molecule has 5 rings (SSSR count). The largest absolute Gasteiger partial charge is 0.397 e. The third-order valence-corrected chi connectivity index (χ3v) is 4.97. The van der Waals surface area contributed by atoms with Gasteiger partial charge >= 0.3 is 0 Å². The number of hydrogen-bond donors (Lipinski definition) is 2. The van der Waals surface area contributed by atoms with E-state index in [9.17, 15) is 4.79 Å². The first-order chi connectivity index (χ1) is 15.2. The first kappa shape index (κ1) is 18.5. The van der Waals surface area contributed by atoms with Crippen molar-refractivity contribution < 1.29 is 4.79 Å². The van der Waals surface area contributed by atoms with Gasteiger partial charge in [-0.1, -0.05) is 48.5 Å². The number of aromatic nitrogens is 4. The van der Waals surface area contributed by atoms with E-state index in [1.807, 2.05) is 48.5 Å². The van der Waals surface area contributed by atoms with Gasteiger partial charge in [-0.05, 0) is 30.3 Å². The summed E-state index contributed by atoms with van der Waals surface area (Å²) in [5.74, 6) is 0.508. The van der Waals surface area contributed by atoms with Crippen LogP contribution in [0, 0.1) is 0 Å². The average Bonchev–Trinajstić information content (AvgIpc) is 3.26. The molecule has 0 aliphatic heterocycles. The maximum atomic E-state index is 12.7. The maximum absolute atomic E-state index is 12.7. The standard InChI is InChI=1S/C24H18N6O/c25-20-13-17(22(31)16-7-3-1-4-8-16)11-12-21(20)29-23-19-14-28-30(24(19)27-15-26-23)18-9-5-2-6-10-18/h1-15H,25H2,(H,26,27,29). The lowest BCUT2D eigenvalue weighted by Crippen LogP contribution is -2.04. The fourth-order valence-corrected chi connectivity index (χ4v) is 3.40. The number of anilines is 3. The van der Waals surface area contributed by atoms with E-state index >= 15 is 0 Å². The molecule has 7 heteroatoms. The third kappa shape index (κ3) is 3.49. The van der Waals surface area contributed by atoms with E-state index in [2.05, 4.69) is 20.4 Å². The Labute approximate surface area is 178 Å². The van der Waals surface area contributed by atoms with Crippen molar-refractivity contribution in [2.75, 3.05) is 11.1 Å². The monoisotopic (exact) mass is 406 g/mol. The molecule has 0 fully saturated rings. The first-order valence-corrected chi connectivity index (χ1v) is 9.71. The summed E-state index contributed by atoms with van der Waals surface area (Å²) in [6.45, 7) is 0. The number of fused-ring (bicyclic) bond motifs is 1. The van der Waals surface area contributed by atoms with Gasteiger partial charge in [0.2, 0.25) is 0 Å². The number of nitrogens with one attached hydrogen (secondary N) is 1. The van der Waals surface area contributed by atoms with Crippen LogP contribution in [0.2, 0.25) is 0 Å². The number of ketones is 1. The van der Waals surface area contributed by atoms with E-state index < -0.39 is 0 Å². The lowest BCUT2D eigenvalue weighted by Gasteiger charge is -2.11. The third-order valence-electron chi connectivity index (χ3n) is 4.97. The number of carbonyl (C=O) groups excluding carboxylic acids is 1. The number of nitrogen functional groups attached to an aromatic ring is 1. The molecule has 3 N–H and O–H groups in total. The molecule has 0 saturated carbocycles. The summed E-state index contributed by atoms with van der Waals surface area (Å²) in [4.78, 5) is 21.4. The van der Waals surface area contributed by atoms with Crippen molar-refractivity contribution in [3.05, 3.63) is 103 Å². The van der Waals surface area contributed by atoms with E-state index in [-0.39, 0.29) is 5.78 Å². The average molecular weight is 406 g/mol. The minimum absolute atomic E-state index is 0.0765. The molecule has 3 aromatic carbocycles. The second-order valence-corrected chi connectivity index (χ2v) is 6.97. The summed E-state index contributed by atoms with van der Waals surface area (Å²) in [5, 5.41) is 8.46. The van der Waals surface area contributed by atoms with E-state index in [0.29, 0.717) is 34.0 Å². The molecule has 0 aliphatic carbocycles. The summed E-state index contributed by atoms with van der Waals surface area (Å²) < 4.78 is 1.76. The number of nitrogens with zero attached hydrogens (tertiary/aromatic N) is 4. The van der Waals surface area contributed by atoms with Crippen molar-refractivity contribution >= 4 is 34.0 Å². The summed E-state index contributed by atoms with van der Waals surface area (Å²) >= 11 is 0. The van der Waals surface area contributed by atoms with Crippen LogP contribution in [-0.4, -0.2) is 25.5 Å². The summed E-state index contributed by atoms with van der Waals surface area (Å²) in [6, 6.07) is 24.1. The molecule has 0 radical (unpaired) electrons. The number of carbonyl (C=O) groups is 1. The quantitative estimate of drug-likeness (QED) is 0.332. The van der Waals surface area contributed by atoms with Gasteiger partial charge in [-0.15, -0.1) is 0 Å². The number of rotatable bonds is 5. The molecular weight excluding hydrogens is 388 g/mol. The molecule has 0 atom stereocenters. The Morgan fingerprint density at radius 3 is 2.35 bits per heavy atom. The highest BCUT2D eigenvalue weighted by Gasteiger charge is 2.14. The van der Waals surface area contributed by atoms with Crippen molar-refractivity contribution in [2.45, 2.75) is 0 Å². The van der Waals surface area contributed by atoms with Crippen LogP contribution in [0.1, 0.15) is 15.9 Å². The molecule has 150 valence electrons. The zero-order chi connectivity index (χ0) is 21.2. The summed E-state index contributed by atoms with van der Waals surface area (Å²) in [6.07, 6.45) is 3.20. The van der Waals surface area contributed by atoms with Gasteiger partial charge in [-0.3, -0.25) is 4.79 Å². The van der Waals surface area contributed by atoms with Crippen molar-refractivity contribution in [1.82, 2.24) is 19.7 Å². The van der Waals surface area contributed by atoms with Crippen molar-refractivity contribution in [2.24, 2.45) is 0 Å². The van der Waals surface area contributed by atoms with Gasteiger partial charge in [-0.25, -0.2) is 14.6 Å². The number of para-hydroxylation sites is 1. The van der Waals surface area contributed by atoms with Crippen molar-refractivity contribution in [3.8, 4) is 5.69 Å². The molecular formula is C24H18N6O. The Morgan fingerprint density at radius 2 is 1.61 bits per heavy atom. The number of nitrogens with two attached hydrogens (primary N) is 1. The van der Waals surface area contributed by atoms with Gasteiger partial charge in [-0.2, -0.15) is 5.10 Å². The Morgan fingerprint density at radius 1 is 0.871 bits per heavy atom. The molecule has 2 heterocycles. The molecule has 0 amide bonds. The Hall–Kier alpha value is -4.52. The fourth-order valence-electron chi connectivity index (χ4n) is 3.40. The Balaban J connectivity index is 1.46. The summed E-state index contributed by atoms with van der Waals surface area (Å²) in [7, 11) is 0. The number of benzene rings is 3. The second kappa shape index (κ2) is 7.72. The highest BCUT2D eigenvalue weighted by Crippen LogP contribution is 2.28. The SMILES string of the molecule is Nc1cc(C(=O)c2ccccc2)ccc1Nc1ncnc2c1cnn2-c1ccccc1. The number of hydrogen-bond acceptors (Lipinski definition) is 6. The lowest BCUT2D eigenvalue weighted by molar-refractivity contribution is 0.103. The molecule has 7 nitrogen and oxygen atoms in total. The van der Waals surface area contributed by atoms with Crippen LogP contribution in [0.3, 0.4) is 0 Å². The molecule has 5 aromatic rings. The highest BCUT2D eigenvalue weighted by molar-refractivity contribution is 6.09. The first-order valence-electron chi connectivity index (χ1n) is 9.71. The van der Waals surface area contributed by atoms with Gasteiger partial charge in [0.05, 0.1) is 28.6 Å². The lowest BCUT2D eigenvalue weighted by atomic mass is 10.0. The molecule has 0 unspecified atom stereocenters. The van der Waals surface area contributed by atoms with Gasteiger partial charge in [0.1, 0.15) is 12.1 Å². The van der Waals surface area contributed by atoms with E-state index in [0.717, 1.165) is 11.1 Å². The molecule has 0 saturated heterocycles. The van der Waals surface area contributed by atoms with Gasteiger partial charge in [0.15, 0.2) is 11.4 Å². The van der Waals surface area contributed by atoms with Crippen LogP contribution in [0.25, 0.3) is 16.7 Å². The zero-order valence-corrected chi connectivity index (χ0v) is 16.4. The van der Waals surface area contributed by atoms with Crippen LogP contribution in [0.4, 0.5) is 17.2 Å². The topological polar surface area (TPSA) is 98.7 Å². The Bertz CT molecular complexity index is 1380. The van der Waals surface area contributed by atoms with Crippen LogP contribution in [0.5, 0.6) is 0 Å². The minimum Gasteiger partial charge on any atom is -0.397 e. The predicted molar refractivity (Wildman–Crippen MR) is 121 cm³/mol. The molecule has 2 aromatic heterocycles. The van der Waals surface area contributed by atoms with Crippen molar-refractivity contribution in [3.63, 3.8) is 0 Å². The van der Waals surface area contributed by atoms with E-state index in [1.54, 1.807) is 41.2 Å². The smallest absolute Gasteiger partial charge is 0.193 e. The van der Waals surface area contributed by atoms with Crippen molar-refractivity contribution in [1.29, 1.82) is 0 Å². The van der Waals surface area contributed by atoms with Gasteiger partial charge in [0.25, 0.3) is 0 Å². The minimum atomic E-state index is -0.0765. The Kier molecular flexibility index (Phi) is 4.61. The predicted octanol–water partition coefficient (Wildman–Crippen LogP) is 4.37. The van der Waals surface area contributed by atoms with Crippen LogP contribution in [-0.2, 0) is 0 Å². The zero-order valence-electron chi connectivity index (χ0n) is 16.4. The molecule has 31 heavy (non-hydrogen) atoms. The molecule has 0 bridgehead atoms. The maximum Gasteiger partial charge on any atom is 0.193 e. The van der Waals surface area contributed by atoms with Crippen LogP contribution in [0.15, 0.2) is 91.4 Å². The van der Waals surface area contributed by atoms with E-state index in [4.69, 9.17) is 5.73 Å². The normalized spacial score (nSPS) is 10.8. The van der Waals surface area contributed by atoms with Gasteiger partial charge < -0.3 is 11.1 Å². The molecule has 0 spiro atoms. The molecule has 0 aliphatic rings. The van der Waals surface area contributed by atoms with E-state index in [1.165, 1.54) is 6.33 Å². The highest BCUT2D eigenvalue weighted by atomic mass is 16.1. The van der Waals surface area contributed by atoms with Crippen LogP contribution >= 0.6 is 0 Å². The fraction of sp³-hybridized carbons (Fsp3) is 0. The van der Waals surface area contributed by atoms with Crippen LogP contribution < -0.4 is 11.1 Å².